The van der Waals surface area contributed by atoms with E-state index in [9.17, 15) is 0 Å². The van der Waals surface area contributed by atoms with E-state index in [-0.39, 0.29) is 7.25 Å². The molecule has 0 N–H and O–H groups in total. The molecule has 0 spiro atoms. The quantitative estimate of drug-likeness (QED) is 0.125. The summed E-state index contributed by atoms with van der Waals surface area (Å²) in [6, 6.07) is 30.6. The zero-order valence-corrected chi connectivity index (χ0v) is 37.9. The molecule has 51 heavy (non-hydrogen) atoms. The number of fused-ring (bicyclic) bond motifs is 2. The van der Waals surface area contributed by atoms with E-state index in [0.29, 0.717) is 11.8 Å². The number of benzene rings is 4. The van der Waals surface area contributed by atoms with E-state index in [1.165, 1.54) is 77.9 Å². The molecule has 4 aromatic carbocycles. The monoisotopic (exact) mass is 811 g/mol. The van der Waals surface area contributed by atoms with Gasteiger partial charge in [0, 0.05) is 0 Å². The van der Waals surface area contributed by atoms with Crippen molar-refractivity contribution in [1.82, 2.24) is 0 Å². The van der Waals surface area contributed by atoms with Gasteiger partial charge in [-0.05, 0) is 0 Å². The minimum absolute atomic E-state index is 0.101. The van der Waals surface area contributed by atoms with E-state index in [1.54, 1.807) is 0 Å². The predicted octanol–water partition coefficient (Wildman–Crippen LogP) is 15.4. The van der Waals surface area contributed by atoms with E-state index < -0.39 is 21.5 Å². The van der Waals surface area contributed by atoms with Gasteiger partial charge in [0.05, 0.1) is 0 Å². The first-order valence-corrected chi connectivity index (χ1v) is 35.4. The van der Waals surface area contributed by atoms with Crippen LogP contribution in [-0.4, -0.2) is 5.92 Å². The van der Waals surface area contributed by atoms with Crippen LogP contribution in [0.4, 0.5) is 0 Å². The molecule has 4 heteroatoms. The Morgan fingerprint density at radius 1 is 0.608 bits per heavy atom. The Balaban J connectivity index is 1.56. The Bertz CT molecular complexity index is 1980. The standard InChI is InChI=1S/C22H25.C21H23.C4H11Si.2ClH.Zr/c1-5-16(4)18-7-9-19(10-8-18)21-12-15(3)11-20-13-17(6-2)14-22(20)21;1-5-16(4)17-6-8-18(9-7-17)20-12-14(2)10-19-11-15(3)13-21(19)20;1-3-5-4-2;;;/h7-14,16H,5-6H2,1-4H3;6-13,16H,5H2,1-4H3;5H,3-4H2,1-2H3;2*1H;/q;;;;;+2/p-2. The van der Waals surface area contributed by atoms with Gasteiger partial charge < -0.3 is 0 Å². The van der Waals surface area contributed by atoms with Crippen LogP contribution in [0.15, 0.2) is 83.9 Å². The molecule has 0 radical (unpaired) electrons. The molecule has 0 nitrogen and oxygen atoms in total. The van der Waals surface area contributed by atoms with Crippen LogP contribution in [-0.2, 0) is 15.6 Å². The summed E-state index contributed by atoms with van der Waals surface area (Å²) in [4.78, 5) is 0. The second kappa shape index (κ2) is 15.1. The van der Waals surface area contributed by atoms with Gasteiger partial charge >= 0.3 is 321 Å². The fourth-order valence-electron chi connectivity index (χ4n) is 9.80. The Labute approximate surface area is 318 Å². The maximum atomic E-state index is 8.90. The molecule has 0 saturated heterocycles. The normalized spacial score (nSPS) is 18.9. The Morgan fingerprint density at radius 2 is 1.04 bits per heavy atom. The van der Waals surface area contributed by atoms with Gasteiger partial charge in [0.1, 0.15) is 0 Å². The van der Waals surface area contributed by atoms with E-state index in [2.05, 4.69) is 154 Å². The molecule has 4 aromatic rings. The van der Waals surface area contributed by atoms with Gasteiger partial charge in [-0.1, -0.05) is 0 Å². The van der Waals surface area contributed by atoms with Crippen molar-refractivity contribution in [3.05, 3.63) is 128 Å². The molecule has 0 heterocycles. The summed E-state index contributed by atoms with van der Waals surface area (Å²) in [5.41, 5.74) is 18.9. The molecule has 6 rings (SSSR count). The molecular formula is C47H59Cl2SiZr. The van der Waals surface area contributed by atoms with E-state index in [1.807, 2.05) is 0 Å². The van der Waals surface area contributed by atoms with Gasteiger partial charge in [-0.2, -0.15) is 0 Å². The SMILES string of the molecule is CCC1=Cc2c(-c3ccc(C(C)CC)cc3)cc(C)cc2[CH]1[Zr]([Cl])([Cl])([CH]1C(C)=Cc2c(-c3ccc(C(C)CC)cc3)cc(C)cc21)[SiH](CC)CC. The molecule has 0 bridgehead atoms. The number of rotatable bonds is 12. The van der Waals surface area contributed by atoms with Crippen molar-refractivity contribution in [3.63, 3.8) is 0 Å². The minimum atomic E-state index is -4.91. The van der Waals surface area contributed by atoms with E-state index in [0.717, 1.165) is 31.4 Å². The third-order valence-electron chi connectivity index (χ3n) is 12.9. The van der Waals surface area contributed by atoms with Crippen LogP contribution in [0.1, 0.15) is 138 Å². The molecule has 0 amide bonds. The summed E-state index contributed by atoms with van der Waals surface area (Å²) in [6.45, 7) is 23.1. The molecule has 2 aliphatic carbocycles. The first kappa shape index (κ1) is 38.8. The third kappa shape index (κ3) is 6.62. The Hall–Kier alpha value is -1.96. The average Bonchev–Trinajstić information content (AvgIpc) is 3.68. The number of hydrogen-bond donors (Lipinski definition) is 0. The number of allylic oxidation sites excluding steroid dienone is 2. The molecule has 0 aromatic heterocycles. The number of halogens is 2. The maximum absolute atomic E-state index is 8.90. The topological polar surface area (TPSA) is 0 Å². The zero-order valence-electron chi connectivity index (χ0n) is 32.8. The summed E-state index contributed by atoms with van der Waals surface area (Å²) in [6.07, 6.45) is 8.24. The molecular weight excluding hydrogens is 755 g/mol. The van der Waals surface area contributed by atoms with Crippen molar-refractivity contribution in [2.45, 2.75) is 120 Å². The summed E-state index contributed by atoms with van der Waals surface area (Å²) < 4.78 is 0.214. The van der Waals surface area contributed by atoms with Crippen molar-refractivity contribution in [2.75, 3.05) is 0 Å². The van der Waals surface area contributed by atoms with Crippen molar-refractivity contribution in [1.29, 1.82) is 0 Å². The number of aryl methyl sites for hydroxylation is 2. The first-order valence-electron chi connectivity index (χ1n) is 19.8. The Morgan fingerprint density at radius 3 is 1.45 bits per heavy atom. The van der Waals surface area contributed by atoms with Crippen molar-refractivity contribution < 1.29 is 15.6 Å². The van der Waals surface area contributed by atoms with Crippen LogP contribution < -0.4 is 0 Å². The molecule has 0 fully saturated rings. The third-order valence-corrected chi connectivity index (χ3v) is 63.0. The van der Waals surface area contributed by atoms with Crippen LogP contribution in [0.3, 0.4) is 0 Å². The summed E-state index contributed by atoms with van der Waals surface area (Å²) in [5, 5.41) is 0. The van der Waals surface area contributed by atoms with Crippen molar-refractivity contribution in [2.24, 2.45) is 0 Å². The summed E-state index contributed by atoms with van der Waals surface area (Å²) in [5.74, 6) is -0.529. The second-order valence-electron chi connectivity index (χ2n) is 16.1. The number of hydrogen-bond acceptors (Lipinski definition) is 0. The van der Waals surface area contributed by atoms with Gasteiger partial charge in [-0.3, -0.25) is 0 Å². The van der Waals surface area contributed by atoms with Crippen LogP contribution >= 0.6 is 17.0 Å². The van der Waals surface area contributed by atoms with Crippen molar-refractivity contribution >= 4 is 35.1 Å². The second-order valence-corrected chi connectivity index (χ2v) is 56.8. The van der Waals surface area contributed by atoms with Crippen LogP contribution in [0.2, 0.25) is 12.1 Å². The van der Waals surface area contributed by atoms with Gasteiger partial charge in [0.15, 0.2) is 0 Å². The molecule has 2 aliphatic rings. The Kier molecular flexibility index (Phi) is 11.4. The van der Waals surface area contributed by atoms with Crippen LogP contribution in [0.25, 0.3) is 34.4 Å². The van der Waals surface area contributed by atoms with Crippen LogP contribution in [0, 0.1) is 13.8 Å². The zero-order chi connectivity index (χ0) is 36.9. The van der Waals surface area contributed by atoms with Gasteiger partial charge in [0.25, 0.3) is 0 Å². The van der Waals surface area contributed by atoms with Gasteiger partial charge in [-0.15, -0.1) is 0 Å². The van der Waals surface area contributed by atoms with Gasteiger partial charge in [-0.25, -0.2) is 0 Å². The first-order chi connectivity index (χ1) is 24.3. The molecule has 4 atom stereocenters. The summed E-state index contributed by atoms with van der Waals surface area (Å²) >= 11 is -4.91. The molecule has 0 aliphatic heterocycles. The average molecular weight is 814 g/mol. The molecule has 4 unspecified atom stereocenters. The van der Waals surface area contributed by atoms with E-state index in [4.69, 9.17) is 17.0 Å². The fraction of sp³-hybridized carbons (Fsp3) is 0.404. The fourth-order valence-corrected chi connectivity index (χ4v) is 63.4. The molecule has 0 saturated carbocycles. The van der Waals surface area contributed by atoms with E-state index >= 15 is 0 Å². The van der Waals surface area contributed by atoms with Gasteiger partial charge in [0.2, 0.25) is 0 Å². The molecule has 269 valence electrons. The predicted molar refractivity (Wildman–Crippen MR) is 228 cm³/mol. The van der Waals surface area contributed by atoms with Crippen LogP contribution in [0.5, 0.6) is 0 Å². The summed E-state index contributed by atoms with van der Waals surface area (Å²) in [7, 11) is 17.8. The van der Waals surface area contributed by atoms with Crippen molar-refractivity contribution in [3.8, 4) is 22.3 Å².